The molecule has 0 aromatic rings. The van der Waals surface area contributed by atoms with Crippen molar-refractivity contribution in [2.75, 3.05) is 26.7 Å². The zero-order chi connectivity index (χ0) is 11.4. The van der Waals surface area contributed by atoms with Crippen molar-refractivity contribution in [3.63, 3.8) is 0 Å². The summed E-state index contributed by atoms with van der Waals surface area (Å²) in [5.74, 6) is -0.360. The number of carboxylic acids is 1. The van der Waals surface area contributed by atoms with Crippen LogP contribution in [-0.4, -0.2) is 48.7 Å². The molecule has 0 spiro atoms. The van der Waals surface area contributed by atoms with Gasteiger partial charge in [0.1, 0.15) is 0 Å². The van der Waals surface area contributed by atoms with Crippen LogP contribution in [0.5, 0.6) is 0 Å². The van der Waals surface area contributed by atoms with Crippen LogP contribution in [-0.2, 0) is 4.79 Å². The van der Waals surface area contributed by atoms with Gasteiger partial charge in [0.2, 0.25) is 0 Å². The number of carbonyl (C=O) groups is 1. The highest BCUT2D eigenvalue weighted by Crippen LogP contribution is 2.13. The van der Waals surface area contributed by atoms with Crippen LogP contribution in [0.25, 0.3) is 0 Å². The monoisotopic (exact) mass is 214 g/mol. The lowest BCUT2D eigenvalue weighted by molar-refractivity contribution is -0.141. The number of hydrogen-bond donors (Lipinski definition) is 2. The van der Waals surface area contributed by atoms with E-state index in [1.54, 1.807) is 6.92 Å². The second kappa shape index (κ2) is 5.47. The average Bonchev–Trinajstić information content (AvgIpc) is 2.59. The molecule has 0 radical (unpaired) electrons. The van der Waals surface area contributed by atoms with Crippen LogP contribution in [0.1, 0.15) is 20.3 Å². The van der Waals surface area contributed by atoms with E-state index in [9.17, 15) is 4.79 Å². The van der Waals surface area contributed by atoms with E-state index in [1.165, 1.54) is 6.42 Å². The molecule has 3 atom stereocenters. The number of aliphatic carboxylic acids is 1. The summed E-state index contributed by atoms with van der Waals surface area (Å²) in [4.78, 5) is 13.1. The number of nitrogens with one attached hydrogen (secondary N) is 1. The maximum absolute atomic E-state index is 10.7. The Labute approximate surface area is 91.6 Å². The van der Waals surface area contributed by atoms with Gasteiger partial charge in [-0.1, -0.05) is 6.92 Å². The van der Waals surface area contributed by atoms with Crippen molar-refractivity contribution >= 4 is 5.97 Å². The molecule has 88 valence electrons. The first-order valence-electron chi connectivity index (χ1n) is 5.65. The Bertz CT molecular complexity index is 221. The Balaban J connectivity index is 2.22. The molecule has 1 aliphatic heterocycles. The molecule has 1 fully saturated rings. The first-order valence-corrected chi connectivity index (χ1v) is 5.65. The van der Waals surface area contributed by atoms with Gasteiger partial charge in [0.25, 0.3) is 0 Å². The summed E-state index contributed by atoms with van der Waals surface area (Å²) in [7, 11) is 2.13. The smallest absolute Gasteiger partial charge is 0.307 e. The van der Waals surface area contributed by atoms with E-state index in [0.717, 1.165) is 19.6 Å². The summed E-state index contributed by atoms with van der Waals surface area (Å²) in [6.07, 6.45) is 1.22. The molecule has 0 aliphatic carbocycles. The van der Waals surface area contributed by atoms with Crippen LogP contribution in [0.3, 0.4) is 0 Å². The maximum atomic E-state index is 10.7. The maximum Gasteiger partial charge on any atom is 0.307 e. The number of hydrogen-bond acceptors (Lipinski definition) is 3. The third kappa shape index (κ3) is 3.80. The molecule has 4 nitrogen and oxygen atoms in total. The Kier molecular flexibility index (Phi) is 4.54. The Morgan fingerprint density at radius 2 is 2.27 bits per heavy atom. The van der Waals surface area contributed by atoms with Gasteiger partial charge >= 0.3 is 5.97 Å². The molecule has 0 bridgehead atoms. The van der Waals surface area contributed by atoms with E-state index >= 15 is 0 Å². The third-order valence-electron chi connectivity index (χ3n) is 3.36. The van der Waals surface area contributed by atoms with Crippen LogP contribution in [0.4, 0.5) is 0 Å². The van der Waals surface area contributed by atoms with Gasteiger partial charge in [0.15, 0.2) is 0 Å². The van der Waals surface area contributed by atoms with Crippen molar-refractivity contribution in [1.82, 2.24) is 10.2 Å². The zero-order valence-electron chi connectivity index (χ0n) is 9.86. The SMILES string of the molecule is CC(NCC1CCN(C)C1)C(C)C(=O)O. The van der Waals surface area contributed by atoms with Gasteiger partial charge in [-0.15, -0.1) is 0 Å². The number of nitrogens with zero attached hydrogens (tertiary/aromatic N) is 1. The Hall–Kier alpha value is -0.610. The van der Waals surface area contributed by atoms with Gasteiger partial charge in [-0.25, -0.2) is 0 Å². The highest BCUT2D eigenvalue weighted by Gasteiger charge is 2.23. The van der Waals surface area contributed by atoms with Gasteiger partial charge < -0.3 is 15.3 Å². The predicted molar refractivity (Wildman–Crippen MR) is 59.9 cm³/mol. The molecular weight excluding hydrogens is 192 g/mol. The number of likely N-dealkylation sites (tertiary alicyclic amines) is 1. The van der Waals surface area contributed by atoms with Crippen LogP contribution in [0.15, 0.2) is 0 Å². The number of carboxylic acid groups (broad SMARTS) is 1. The number of rotatable bonds is 5. The van der Waals surface area contributed by atoms with Gasteiger partial charge in [0.05, 0.1) is 5.92 Å². The highest BCUT2D eigenvalue weighted by atomic mass is 16.4. The summed E-state index contributed by atoms with van der Waals surface area (Å²) in [6.45, 7) is 6.91. The van der Waals surface area contributed by atoms with Crippen LogP contribution < -0.4 is 5.32 Å². The molecular formula is C11H22N2O2. The van der Waals surface area contributed by atoms with E-state index in [2.05, 4.69) is 17.3 Å². The van der Waals surface area contributed by atoms with Crippen molar-refractivity contribution in [2.24, 2.45) is 11.8 Å². The molecule has 15 heavy (non-hydrogen) atoms. The first kappa shape index (κ1) is 12.5. The van der Waals surface area contributed by atoms with E-state index in [4.69, 9.17) is 5.11 Å². The van der Waals surface area contributed by atoms with Crippen LogP contribution in [0.2, 0.25) is 0 Å². The lowest BCUT2D eigenvalue weighted by Gasteiger charge is -2.20. The van der Waals surface area contributed by atoms with Crippen molar-refractivity contribution in [3.05, 3.63) is 0 Å². The zero-order valence-corrected chi connectivity index (χ0v) is 9.86. The van der Waals surface area contributed by atoms with Crippen molar-refractivity contribution in [2.45, 2.75) is 26.3 Å². The van der Waals surface area contributed by atoms with E-state index in [-0.39, 0.29) is 12.0 Å². The van der Waals surface area contributed by atoms with Crippen molar-refractivity contribution in [3.8, 4) is 0 Å². The Morgan fingerprint density at radius 1 is 1.60 bits per heavy atom. The molecule has 0 aromatic carbocycles. The standard InChI is InChI=1S/C11H22N2O2/c1-8(11(14)15)9(2)12-6-10-4-5-13(3)7-10/h8-10,12H,4-7H2,1-3H3,(H,14,15). The minimum absolute atomic E-state index is 0.0495. The molecule has 1 aliphatic rings. The molecule has 4 heteroatoms. The van der Waals surface area contributed by atoms with Gasteiger partial charge in [-0.3, -0.25) is 4.79 Å². The molecule has 1 rings (SSSR count). The molecule has 1 heterocycles. The average molecular weight is 214 g/mol. The summed E-state index contributed by atoms with van der Waals surface area (Å²) in [6, 6.07) is 0.0495. The molecule has 0 amide bonds. The molecule has 2 N–H and O–H groups in total. The van der Waals surface area contributed by atoms with Crippen molar-refractivity contribution < 1.29 is 9.90 Å². The minimum Gasteiger partial charge on any atom is -0.481 e. The summed E-state index contributed by atoms with van der Waals surface area (Å²) < 4.78 is 0. The van der Waals surface area contributed by atoms with Crippen LogP contribution in [0, 0.1) is 11.8 Å². The minimum atomic E-state index is -0.724. The quantitative estimate of drug-likeness (QED) is 0.705. The summed E-state index contributed by atoms with van der Waals surface area (Å²) in [5.41, 5.74) is 0. The summed E-state index contributed by atoms with van der Waals surface area (Å²) in [5, 5.41) is 12.2. The third-order valence-corrected chi connectivity index (χ3v) is 3.36. The van der Waals surface area contributed by atoms with E-state index < -0.39 is 5.97 Å². The van der Waals surface area contributed by atoms with E-state index in [1.807, 2.05) is 6.92 Å². The highest BCUT2D eigenvalue weighted by molar-refractivity contribution is 5.70. The van der Waals surface area contributed by atoms with Gasteiger partial charge in [-0.05, 0) is 39.4 Å². The molecule has 1 saturated heterocycles. The lowest BCUT2D eigenvalue weighted by atomic mass is 10.0. The largest absolute Gasteiger partial charge is 0.481 e. The topological polar surface area (TPSA) is 52.6 Å². The van der Waals surface area contributed by atoms with Crippen molar-refractivity contribution in [1.29, 1.82) is 0 Å². The fraction of sp³-hybridized carbons (Fsp3) is 0.909. The van der Waals surface area contributed by atoms with E-state index in [0.29, 0.717) is 5.92 Å². The fourth-order valence-corrected chi connectivity index (χ4v) is 1.94. The van der Waals surface area contributed by atoms with Gasteiger partial charge in [0, 0.05) is 12.6 Å². The van der Waals surface area contributed by atoms with Gasteiger partial charge in [-0.2, -0.15) is 0 Å². The molecule has 0 aromatic heterocycles. The molecule has 0 saturated carbocycles. The summed E-state index contributed by atoms with van der Waals surface area (Å²) >= 11 is 0. The second-order valence-corrected chi connectivity index (χ2v) is 4.74. The Morgan fingerprint density at radius 3 is 2.73 bits per heavy atom. The first-order chi connectivity index (χ1) is 7.00. The fourth-order valence-electron chi connectivity index (χ4n) is 1.94. The second-order valence-electron chi connectivity index (χ2n) is 4.74. The van der Waals surface area contributed by atoms with Crippen LogP contribution >= 0.6 is 0 Å². The predicted octanol–water partition coefficient (Wildman–Crippen LogP) is 0.637. The molecule has 3 unspecified atom stereocenters. The lowest BCUT2D eigenvalue weighted by Crippen LogP contribution is -2.39. The normalized spacial score (nSPS) is 26.5.